The van der Waals surface area contributed by atoms with E-state index in [-0.39, 0.29) is 17.3 Å². The van der Waals surface area contributed by atoms with E-state index in [1.165, 1.54) is 0 Å². The molecule has 0 bridgehead atoms. The Morgan fingerprint density at radius 2 is 2.00 bits per heavy atom. The van der Waals surface area contributed by atoms with Crippen molar-refractivity contribution >= 4 is 5.97 Å². The zero-order valence-electron chi connectivity index (χ0n) is 7.83. The molecule has 1 rings (SSSR count). The highest BCUT2D eigenvalue weighted by atomic mass is 16.5. The van der Waals surface area contributed by atoms with Crippen molar-refractivity contribution in [2.75, 3.05) is 13.2 Å². The van der Waals surface area contributed by atoms with Gasteiger partial charge in [0.25, 0.3) is 0 Å². The van der Waals surface area contributed by atoms with Crippen molar-refractivity contribution in [1.29, 1.82) is 0 Å². The molecule has 0 radical (unpaired) electrons. The molecule has 1 unspecified atom stereocenters. The van der Waals surface area contributed by atoms with Crippen LogP contribution in [0.3, 0.4) is 0 Å². The molecule has 70 valence electrons. The van der Waals surface area contributed by atoms with Gasteiger partial charge < -0.3 is 9.84 Å². The molecule has 0 amide bonds. The predicted molar refractivity (Wildman–Crippen MR) is 44.9 cm³/mol. The molecule has 0 aromatic carbocycles. The van der Waals surface area contributed by atoms with Crippen LogP contribution < -0.4 is 0 Å². The lowest BCUT2D eigenvalue weighted by atomic mass is 9.70. The van der Waals surface area contributed by atoms with Gasteiger partial charge in [0.05, 0.1) is 19.1 Å². The number of carboxylic acid groups (broad SMARTS) is 1. The van der Waals surface area contributed by atoms with Crippen LogP contribution in [0.15, 0.2) is 0 Å². The van der Waals surface area contributed by atoms with E-state index in [1.807, 2.05) is 20.8 Å². The topological polar surface area (TPSA) is 46.5 Å². The molecule has 0 aromatic heterocycles. The molecule has 1 aliphatic rings. The highest BCUT2D eigenvalue weighted by molar-refractivity contribution is 5.71. The van der Waals surface area contributed by atoms with E-state index in [1.54, 1.807) is 0 Å². The summed E-state index contributed by atoms with van der Waals surface area (Å²) in [6, 6.07) is 0. The number of rotatable bonds is 3. The maximum Gasteiger partial charge on any atom is 0.307 e. The van der Waals surface area contributed by atoms with Crippen molar-refractivity contribution in [3.8, 4) is 0 Å². The van der Waals surface area contributed by atoms with Crippen LogP contribution in [0, 0.1) is 17.3 Å². The second-order valence-corrected chi connectivity index (χ2v) is 4.21. The van der Waals surface area contributed by atoms with E-state index in [2.05, 4.69) is 0 Å². The monoisotopic (exact) mass is 172 g/mol. The van der Waals surface area contributed by atoms with Gasteiger partial charge in [0, 0.05) is 5.41 Å². The van der Waals surface area contributed by atoms with Gasteiger partial charge in [-0.1, -0.05) is 20.8 Å². The smallest absolute Gasteiger partial charge is 0.307 e. The summed E-state index contributed by atoms with van der Waals surface area (Å²) < 4.78 is 5.06. The molecule has 0 saturated carbocycles. The minimum absolute atomic E-state index is 0.139. The fourth-order valence-electron chi connectivity index (χ4n) is 1.99. The van der Waals surface area contributed by atoms with Gasteiger partial charge in [-0.05, 0) is 5.92 Å². The quantitative estimate of drug-likeness (QED) is 0.699. The van der Waals surface area contributed by atoms with Crippen LogP contribution in [-0.2, 0) is 9.53 Å². The van der Waals surface area contributed by atoms with Crippen molar-refractivity contribution in [2.24, 2.45) is 17.3 Å². The average Bonchev–Trinajstić information content (AvgIpc) is 1.82. The first-order valence-electron chi connectivity index (χ1n) is 4.28. The van der Waals surface area contributed by atoms with Crippen LogP contribution in [0.2, 0.25) is 0 Å². The summed E-state index contributed by atoms with van der Waals surface area (Å²) in [6.07, 6.45) is 0. The first kappa shape index (κ1) is 9.52. The molecule has 3 nitrogen and oxygen atoms in total. The van der Waals surface area contributed by atoms with Crippen molar-refractivity contribution < 1.29 is 14.6 Å². The Balaban J connectivity index is 2.71. The Kier molecular flexibility index (Phi) is 2.42. The van der Waals surface area contributed by atoms with E-state index in [0.717, 1.165) is 0 Å². The summed E-state index contributed by atoms with van der Waals surface area (Å²) in [5, 5.41) is 8.99. The number of carbonyl (C=O) groups is 1. The zero-order chi connectivity index (χ0) is 9.35. The second kappa shape index (κ2) is 3.05. The lowest BCUT2D eigenvalue weighted by Gasteiger charge is -2.44. The third-order valence-electron chi connectivity index (χ3n) is 2.55. The zero-order valence-corrected chi connectivity index (χ0v) is 7.83. The molecule has 0 aromatic rings. The molecule has 3 heteroatoms. The van der Waals surface area contributed by atoms with Crippen LogP contribution >= 0.6 is 0 Å². The Labute approximate surface area is 72.7 Å². The Morgan fingerprint density at radius 3 is 2.08 bits per heavy atom. The summed E-state index contributed by atoms with van der Waals surface area (Å²) in [5.41, 5.74) is -0.139. The van der Waals surface area contributed by atoms with Crippen molar-refractivity contribution in [1.82, 2.24) is 0 Å². The van der Waals surface area contributed by atoms with E-state index >= 15 is 0 Å². The molecule has 0 aliphatic carbocycles. The lowest BCUT2D eigenvalue weighted by molar-refractivity contribution is -0.176. The van der Waals surface area contributed by atoms with Crippen LogP contribution in [-0.4, -0.2) is 24.3 Å². The SMILES string of the molecule is CC(C)C(C(=O)O)C1(C)COC1. The predicted octanol–water partition coefficient (Wildman–Crippen LogP) is 1.38. The standard InChI is InChI=1S/C9H16O3/c1-6(2)7(8(10)11)9(3)4-12-5-9/h6-7H,4-5H2,1-3H3,(H,10,11). The first-order valence-corrected chi connectivity index (χ1v) is 4.28. The molecule has 1 saturated heterocycles. The van der Waals surface area contributed by atoms with Crippen molar-refractivity contribution in [3.63, 3.8) is 0 Å². The van der Waals surface area contributed by atoms with E-state index < -0.39 is 5.97 Å². The van der Waals surface area contributed by atoms with Gasteiger partial charge in [-0.2, -0.15) is 0 Å². The maximum absolute atomic E-state index is 10.9. The van der Waals surface area contributed by atoms with Crippen molar-refractivity contribution in [2.45, 2.75) is 20.8 Å². The third kappa shape index (κ3) is 1.46. The minimum atomic E-state index is -0.698. The van der Waals surface area contributed by atoms with E-state index in [9.17, 15) is 4.79 Å². The van der Waals surface area contributed by atoms with E-state index in [4.69, 9.17) is 9.84 Å². The van der Waals surface area contributed by atoms with Crippen LogP contribution in [0.25, 0.3) is 0 Å². The molecule has 12 heavy (non-hydrogen) atoms. The van der Waals surface area contributed by atoms with Crippen LogP contribution in [0.1, 0.15) is 20.8 Å². The normalized spacial score (nSPS) is 23.3. The number of hydrogen-bond acceptors (Lipinski definition) is 2. The molecule has 1 atom stereocenters. The summed E-state index contributed by atoms with van der Waals surface area (Å²) >= 11 is 0. The Morgan fingerprint density at radius 1 is 1.50 bits per heavy atom. The molecular formula is C9H16O3. The Bertz CT molecular complexity index is 182. The molecule has 1 aliphatic heterocycles. The van der Waals surface area contributed by atoms with E-state index in [0.29, 0.717) is 13.2 Å². The summed E-state index contributed by atoms with van der Waals surface area (Å²) in [4.78, 5) is 10.9. The number of hydrogen-bond donors (Lipinski definition) is 1. The average molecular weight is 172 g/mol. The summed E-state index contributed by atoms with van der Waals surface area (Å²) in [7, 11) is 0. The Hall–Kier alpha value is -0.570. The summed E-state index contributed by atoms with van der Waals surface area (Å²) in [5.74, 6) is -0.793. The van der Waals surface area contributed by atoms with Gasteiger partial charge in [0.1, 0.15) is 0 Å². The maximum atomic E-state index is 10.9. The van der Waals surface area contributed by atoms with Crippen molar-refractivity contribution in [3.05, 3.63) is 0 Å². The number of carboxylic acids is 1. The molecular weight excluding hydrogens is 156 g/mol. The first-order chi connectivity index (χ1) is 5.47. The fourth-order valence-corrected chi connectivity index (χ4v) is 1.99. The molecule has 1 N–H and O–H groups in total. The third-order valence-corrected chi connectivity index (χ3v) is 2.55. The largest absolute Gasteiger partial charge is 0.481 e. The van der Waals surface area contributed by atoms with Gasteiger partial charge in [-0.25, -0.2) is 0 Å². The van der Waals surface area contributed by atoms with Gasteiger partial charge >= 0.3 is 5.97 Å². The highest BCUT2D eigenvalue weighted by Gasteiger charge is 2.46. The van der Waals surface area contributed by atoms with Crippen LogP contribution in [0.4, 0.5) is 0 Å². The van der Waals surface area contributed by atoms with Gasteiger partial charge in [0.15, 0.2) is 0 Å². The van der Waals surface area contributed by atoms with Gasteiger partial charge in [-0.15, -0.1) is 0 Å². The minimum Gasteiger partial charge on any atom is -0.481 e. The highest BCUT2D eigenvalue weighted by Crippen LogP contribution is 2.39. The fraction of sp³-hybridized carbons (Fsp3) is 0.889. The van der Waals surface area contributed by atoms with Crippen LogP contribution in [0.5, 0.6) is 0 Å². The van der Waals surface area contributed by atoms with Gasteiger partial charge in [-0.3, -0.25) is 4.79 Å². The lowest BCUT2D eigenvalue weighted by Crippen LogP contribution is -2.50. The van der Waals surface area contributed by atoms with Gasteiger partial charge in [0.2, 0.25) is 0 Å². The summed E-state index contributed by atoms with van der Waals surface area (Å²) in [6.45, 7) is 7.05. The number of aliphatic carboxylic acids is 1. The second-order valence-electron chi connectivity index (χ2n) is 4.21. The molecule has 1 fully saturated rings. The molecule has 1 heterocycles. The number of ether oxygens (including phenoxy) is 1. The molecule has 0 spiro atoms.